The van der Waals surface area contributed by atoms with E-state index in [9.17, 15) is 9.90 Å². The molecule has 0 radical (unpaired) electrons. The number of amides is 1. The Balaban J connectivity index is 1.62. The van der Waals surface area contributed by atoms with Gasteiger partial charge in [0.15, 0.2) is 0 Å². The summed E-state index contributed by atoms with van der Waals surface area (Å²) < 4.78 is 11.2. The Morgan fingerprint density at radius 2 is 1.85 bits per heavy atom. The number of fused-ring (bicyclic) bond motifs is 3. The van der Waals surface area contributed by atoms with Gasteiger partial charge in [-0.2, -0.15) is 0 Å². The summed E-state index contributed by atoms with van der Waals surface area (Å²) >= 11 is 0. The Morgan fingerprint density at radius 3 is 2.52 bits per heavy atom. The van der Waals surface area contributed by atoms with E-state index in [0.29, 0.717) is 31.7 Å². The molecule has 1 N–H and O–H groups in total. The number of rotatable bonds is 1. The molecule has 0 spiro atoms. The zero-order valence-electron chi connectivity index (χ0n) is 16.0. The number of hydrogen-bond donors (Lipinski definition) is 1. The fourth-order valence-electron chi connectivity index (χ4n) is 4.12. The Labute approximate surface area is 159 Å². The van der Waals surface area contributed by atoms with Gasteiger partial charge < -0.3 is 14.6 Å². The minimum absolute atomic E-state index is 0.231. The van der Waals surface area contributed by atoms with E-state index in [1.54, 1.807) is 4.90 Å². The zero-order chi connectivity index (χ0) is 19.2. The molecule has 3 heterocycles. The minimum Gasteiger partial charge on any atom is -0.444 e. The number of piperidine rings is 1. The van der Waals surface area contributed by atoms with E-state index in [4.69, 9.17) is 14.5 Å². The number of ether oxygens (including phenoxy) is 2. The first-order chi connectivity index (χ1) is 12.8. The van der Waals surface area contributed by atoms with Gasteiger partial charge in [0, 0.05) is 18.2 Å². The summed E-state index contributed by atoms with van der Waals surface area (Å²) in [6, 6.07) is 11.3. The average molecular weight is 370 g/mol. The van der Waals surface area contributed by atoms with Crippen LogP contribution in [-0.4, -0.2) is 52.0 Å². The zero-order valence-corrected chi connectivity index (χ0v) is 16.0. The smallest absolute Gasteiger partial charge is 0.410 e. The number of aliphatic hydroxyl groups is 1. The lowest BCUT2D eigenvalue weighted by atomic mass is 9.79. The molecule has 6 nitrogen and oxygen atoms in total. The normalized spacial score (nSPS) is 28.2. The molecule has 6 heteroatoms. The van der Waals surface area contributed by atoms with Crippen molar-refractivity contribution in [3.63, 3.8) is 0 Å². The van der Waals surface area contributed by atoms with E-state index in [1.807, 2.05) is 57.2 Å². The molecule has 2 saturated heterocycles. The van der Waals surface area contributed by atoms with E-state index in [1.165, 1.54) is 0 Å². The number of aromatic nitrogens is 1. The van der Waals surface area contributed by atoms with Gasteiger partial charge in [0.2, 0.25) is 0 Å². The lowest BCUT2D eigenvalue weighted by Gasteiger charge is -2.51. The van der Waals surface area contributed by atoms with Crippen LogP contribution in [0.25, 0.3) is 10.9 Å². The summed E-state index contributed by atoms with van der Waals surface area (Å²) in [5.41, 5.74) is -0.122. The van der Waals surface area contributed by atoms with Crippen LogP contribution in [0.15, 0.2) is 36.4 Å². The van der Waals surface area contributed by atoms with Crippen LogP contribution >= 0.6 is 0 Å². The van der Waals surface area contributed by atoms with Crippen molar-refractivity contribution in [2.45, 2.75) is 56.9 Å². The Morgan fingerprint density at radius 1 is 1.19 bits per heavy atom. The molecule has 2 atom stereocenters. The largest absolute Gasteiger partial charge is 0.444 e. The lowest BCUT2D eigenvalue weighted by molar-refractivity contribution is -0.142. The number of para-hydroxylation sites is 1. The first kappa shape index (κ1) is 18.2. The fraction of sp³-hybridized carbons (Fsp3) is 0.524. The van der Waals surface area contributed by atoms with E-state index in [2.05, 4.69) is 0 Å². The maximum absolute atomic E-state index is 12.7. The van der Waals surface area contributed by atoms with Crippen LogP contribution in [0.2, 0.25) is 0 Å². The first-order valence-corrected chi connectivity index (χ1v) is 9.43. The summed E-state index contributed by atoms with van der Waals surface area (Å²) in [6.07, 6.45) is 0.427. The molecule has 2 aliphatic heterocycles. The Hall–Kier alpha value is -2.18. The van der Waals surface area contributed by atoms with E-state index >= 15 is 0 Å². The van der Waals surface area contributed by atoms with Gasteiger partial charge >= 0.3 is 6.09 Å². The predicted octanol–water partition coefficient (Wildman–Crippen LogP) is 3.22. The van der Waals surface area contributed by atoms with Crippen LogP contribution in [0.4, 0.5) is 4.79 Å². The maximum Gasteiger partial charge on any atom is 0.410 e. The van der Waals surface area contributed by atoms with Gasteiger partial charge in [0.05, 0.1) is 36.5 Å². The highest BCUT2D eigenvalue weighted by Gasteiger charge is 2.50. The number of morpholine rings is 1. The third-order valence-electron chi connectivity index (χ3n) is 5.23. The molecule has 2 fully saturated rings. The van der Waals surface area contributed by atoms with Gasteiger partial charge in [0.1, 0.15) is 11.2 Å². The molecule has 1 aromatic heterocycles. The molecule has 4 rings (SSSR count). The maximum atomic E-state index is 12.7. The van der Waals surface area contributed by atoms with Crippen molar-refractivity contribution >= 4 is 17.0 Å². The van der Waals surface area contributed by atoms with Crippen LogP contribution in [0, 0.1) is 0 Å². The molecule has 27 heavy (non-hydrogen) atoms. The van der Waals surface area contributed by atoms with Crippen LogP contribution in [-0.2, 0) is 15.1 Å². The van der Waals surface area contributed by atoms with E-state index in [0.717, 1.165) is 10.9 Å². The molecule has 0 saturated carbocycles. The predicted molar refractivity (Wildman–Crippen MR) is 101 cm³/mol. The summed E-state index contributed by atoms with van der Waals surface area (Å²) in [7, 11) is 0. The molecule has 0 aliphatic carbocycles. The molecule has 1 amide bonds. The van der Waals surface area contributed by atoms with Crippen molar-refractivity contribution in [3.05, 3.63) is 42.1 Å². The van der Waals surface area contributed by atoms with Crippen molar-refractivity contribution < 1.29 is 19.4 Å². The molecule has 2 aliphatic rings. The van der Waals surface area contributed by atoms with E-state index in [-0.39, 0.29) is 18.2 Å². The quantitative estimate of drug-likeness (QED) is 0.834. The lowest BCUT2D eigenvalue weighted by Crippen LogP contribution is -2.63. The standard InChI is InChI=1S/C21H26N2O4/c1-20(2,3)27-19(24)23-15-10-21(25,11-16(23)13-26-12-15)18-9-8-14-6-4-5-7-17(14)22-18/h4-9,15-16,25H,10-13H2,1-3H3. The highest BCUT2D eigenvalue weighted by molar-refractivity contribution is 5.78. The minimum atomic E-state index is -1.08. The topological polar surface area (TPSA) is 71.9 Å². The number of hydrogen-bond acceptors (Lipinski definition) is 5. The monoisotopic (exact) mass is 370 g/mol. The van der Waals surface area contributed by atoms with Crippen molar-refractivity contribution in [1.82, 2.24) is 9.88 Å². The van der Waals surface area contributed by atoms with Gasteiger partial charge in [-0.25, -0.2) is 9.78 Å². The third-order valence-corrected chi connectivity index (χ3v) is 5.23. The van der Waals surface area contributed by atoms with Gasteiger partial charge in [-0.15, -0.1) is 0 Å². The Kier molecular flexibility index (Phi) is 4.35. The molecule has 2 bridgehead atoms. The van der Waals surface area contributed by atoms with Gasteiger partial charge in [-0.1, -0.05) is 24.3 Å². The summed E-state index contributed by atoms with van der Waals surface area (Å²) in [6.45, 7) is 6.36. The molecule has 2 unspecified atom stereocenters. The molecule has 2 aromatic rings. The van der Waals surface area contributed by atoms with Crippen LogP contribution in [0.3, 0.4) is 0 Å². The number of carbonyl (C=O) groups excluding carboxylic acids is 1. The van der Waals surface area contributed by atoms with Crippen molar-refractivity contribution in [2.75, 3.05) is 13.2 Å². The van der Waals surface area contributed by atoms with Crippen molar-refractivity contribution in [1.29, 1.82) is 0 Å². The molecule has 1 aromatic carbocycles. The van der Waals surface area contributed by atoms with Crippen molar-refractivity contribution in [2.24, 2.45) is 0 Å². The summed E-state index contributed by atoms with van der Waals surface area (Å²) in [4.78, 5) is 19.2. The second kappa shape index (κ2) is 6.46. The number of benzene rings is 1. The highest BCUT2D eigenvalue weighted by Crippen LogP contribution is 2.41. The van der Waals surface area contributed by atoms with Crippen LogP contribution < -0.4 is 0 Å². The van der Waals surface area contributed by atoms with Crippen LogP contribution in [0.5, 0.6) is 0 Å². The third kappa shape index (κ3) is 3.51. The highest BCUT2D eigenvalue weighted by atomic mass is 16.6. The SMILES string of the molecule is CC(C)(C)OC(=O)N1C2COCC1CC(O)(c1ccc3ccccc3n1)C2. The van der Waals surface area contributed by atoms with Gasteiger partial charge in [0.25, 0.3) is 0 Å². The first-order valence-electron chi connectivity index (χ1n) is 9.43. The summed E-state index contributed by atoms with van der Waals surface area (Å²) in [5.74, 6) is 0. The molecule has 144 valence electrons. The fourth-order valence-corrected chi connectivity index (χ4v) is 4.12. The number of nitrogens with zero attached hydrogens (tertiary/aromatic N) is 2. The molecular formula is C21H26N2O4. The second-order valence-corrected chi connectivity index (χ2v) is 8.56. The van der Waals surface area contributed by atoms with E-state index < -0.39 is 11.2 Å². The van der Waals surface area contributed by atoms with Gasteiger partial charge in [-0.05, 0) is 32.9 Å². The second-order valence-electron chi connectivity index (χ2n) is 8.56. The Bertz CT molecular complexity index is 847. The number of pyridine rings is 1. The molecular weight excluding hydrogens is 344 g/mol. The number of carbonyl (C=O) groups is 1. The van der Waals surface area contributed by atoms with Crippen LogP contribution in [0.1, 0.15) is 39.3 Å². The average Bonchev–Trinajstić information content (AvgIpc) is 2.59. The summed E-state index contributed by atoms with van der Waals surface area (Å²) in [5, 5.41) is 12.5. The van der Waals surface area contributed by atoms with Crippen molar-refractivity contribution in [3.8, 4) is 0 Å². The van der Waals surface area contributed by atoms with Gasteiger partial charge in [-0.3, -0.25) is 4.90 Å².